The summed E-state index contributed by atoms with van der Waals surface area (Å²) in [7, 11) is 2.17. The van der Waals surface area contributed by atoms with E-state index in [1.807, 2.05) is 54.3 Å². The lowest BCUT2D eigenvalue weighted by molar-refractivity contribution is -0.158. The lowest BCUT2D eigenvalue weighted by Gasteiger charge is -2.44. The van der Waals surface area contributed by atoms with Gasteiger partial charge >= 0.3 is 18.0 Å². The standard InChI is InChI=1S/C53H72N8O7/c1-5-7-17-53(20-21-53)50(65)67-35-60(51(66)59-24-12-39(13-25-59)43-33-40-10-8-9-11-44(40)55-47(43)62)45(48(63)58-28-26-57(27-29-58)42-14-22-56(4)23-15-42)32-38-30-37(3)46-41(31-38)34-54-61(46)36-68-49(64)52(16-6-2)18-19-52/h8-11,30-31,33-34,39,42,45H,5-7,12-29,32,35-36H2,1-4H3,(H,55,62)/t45-/m1/s1. The SMILES string of the molecule is CCCCC1(C(=O)OCN(C(=O)N2CCC(c3cc4ccccc4[nH]c3=O)CC2)[C@H](Cc2cc(C)c3c(cnn3COC(=O)C3(CCC)CC3)c2)C(=O)N2CCN(C3CCN(C)CC3)CC2)CC1. The molecule has 0 radical (unpaired) electrons. The van der Waals surface area contributed by atoms with Gasteiger partial charge in [-0.2, -0.15) is 5.10 Å². The largest absolute Gasteiger partial charge is 0.444 e. The number of fused-ring (bicyclic) bond motifs is 2. The molecule has 4 aromatic rings. The summed E-state index contributed by atoms with van der Waals surface area (Å²) in [6.45, 7) is 11.3. The number of hydrogen-bond acceptors (Lipinski definition) is 10. The lowest BCUT2D eigenvalue weighted by atomic mass is 9.89. The Bertz CT molecular complexity index is 2520. The number of carbonyl (C=O) groups excluding carboxylic acids is 4. The molecule has 5 aliphatic rings. The normalized spacial score (nSPS) is 20.4. The molecule has 0 unspecified atom stereocenters. The molecule has 0 spiro atoms. The highest BCUT2D eigenvalue weighted by Gasteiger charge is 2.52. The van der Waals surface area contributed by atoms with Crippen LogP contribution in [-0.2, 0) is 37.0 Å². The van der Waals surface area contributed by atoms with Crippen molar-refractivity contribution < 1.29 is 28.7 Å². The minimum atomic E-state index is -0.974. The Morgan fingerprint density at radius 1 is 0.809 bits per heavy atom. The molecule has 5 heterocycles. The van der Waals surface area contributed by atoms with Gasteiger partial charge < -0.3 is 29.2 Å². The second-order valence-corrected chi connectivity index (χ2v) is 20.8. The molecule has 15 nitrogen and oxygen atoms in total. The highest BCUT2D eigenvalue weighted by molar-refractivity contribution is 5.89. The Labute approximate surface area is 400 Å². The summed E-state index contributed by atoms with van der Waals surface area (Å²) in [5.74, 6) is -0.677. The van der Waals surface area contributed by atoms with Crippen LogP contribution in [0.4, 0.5) is 4.79 Å². The number of ether oxygens (including phenoxy) is 2. The van der Waals surface area contributed by atoms with Crippen LogP contribution in [0.1, 0.15) is 120 Å². The third-order valence-corrected chi connectivity index (χ3v) is 16.1. The number of aromatic nitrogens is 3. The summed E-state index contributed by atoms with van der Waals surface area (Å²) in [4.78, 5) is 84.0. The Kier molecular flexibility index (Phi) is 14.3. The number of aromatic amines is 1. The Morgan fingerprint density at radius 3 is 2.19 bits per heavy atom. The van der Waals surface area contributed by atoms with Gasteiger partial charge in [-0.05, 0) is 132 Å². The molecule has 366 valence electrons. The van der Waals surface area contributed by atoms with Crippen LogP contribution in [0.15, 0.2) is 53.5 Å². The maximum atomic E-state index is 15.3. The summed E-state index contributed by atoms with van der Waals surface area (Å²) in [6.07, 6.45) is 12.9. The number of H-pyrrole nitrogens is 1. The van der Waals surface area contributed by atoms with Crippen LogP contribution in [0.5, 0.6) is 0 Å². The van der Waals surface area contributed by atoms with Crippen LogP contribution in [0, 0.1) is 17.8 Å². The molecule has 68 heavy (non-hydrogen) atoms. The van der Waals surface area contributed by atoms with Crippen molar-refractivity contribution in [2.75, 3.05) is 66.1 Å². The van der Waals surface area contributed by atoms with Crippen LogP contribution in [0.2, 0.25) is 0 Å². The number of urea groups is 1. The first-order chi connectivity index (χ1) is 32.9. The number of pyridine rings is 1. The zero-order chi connectivity index (χ0) is 47.6. The minimum absolute atomic E-state index is 0.0119. The van der Waals surface area contributed by atoms with Gasteiger partial charge in [0, 0.05) is 68.2 Å². The number of hydrogen-bond donors (Lipinski definition) is 1. The first-order valence-corrected chi connectivity index (χ1v) is 25.6. The molecule has 1 atom stereocenters. The van der Waals surface area contributed by atoms with E-state index in [2.05, 4.69) is 40.8 Å². The van der Waals surface area contributed by atoms with E-state index in [9.17, 15) is 14.4 Å². The van der Waals surface area contributed by atoms with Gasteiger partial charge in [0.15, 0.2) is 13.5 Å². The van der Waals surface area contributed by atoms with E-state index in [1.165, 1.54) is 4.90 Å². The van der Waals surface area contributed by atoms with Crippen LogP contribution in [0.3, 0.4) is 0 Å². The van der Waals surface area contributed by atoms with E-state index in [-0.39, 0.29) is 60.7 Å². The smallest absolute Gasteiger partial charge is 0.323 e. The molecule has 1 N–H and O–H groups in total. The van der Waals surface area contributed by atoms with Gasteiger partial charge in [-0.15, -0.1) is 0 Å². The van der Waals surface area contributed by atoms with Crippen LogP contribution in [0.25, 0.3) is 21.8 Å². The predicted octanol–water partition coefficient (Wildman–Crippen LogP) is 7.19. The van der Waals surface area contributed by atoms with E-state index >= 15 is 9.59 Å². The zero-order valence-corrected chi connectivity index (χ0v) is 40.8. The number of likely N-dealkylation sites (tertiary alicyclic amines) is 2. The number of amides is 3. The molecule has 3 saturated heterocycles. The van der Waals surface area contributed by atoms with Crippen LogP contribution >= 0.6 is 0 Å². The number of unbranched alkanes of at least 4 members (excludes halogenated alkanes) is 1. The van der Waals surface area contributed by atoms with E-state index in [0.717, 1.165) is 130 Å². The summed E-state index contributed by atoms with van der Waals surface area (Å²) < 4.78 is 13.8. The summed E-state index contributed by atoms with van der Waals surface area (Å²) in [5.41, 5.74) is 3.08. The van der Waals surface area contributed by atoms with E-state index in [1.54, 1.807) is 15.8 Å². The number of esters is 2. The highest BCUT2D eigenvalue weighted by Crippen LogP contribution is 2.51. The molecule has 5 fully saturated rings. The second-order valence-electron chi connectivity index (χ2n) is 20.8. The lowest BCUT2D eigenvalue weighted by Crippen LogP contribution is -2.60. The molecule has 3 aliphatic heterocycles. The fourth-order valence-electron chi connectivity index (χ4n) is 11.4. The molecule has 2 saturated carbocycles. The minimum Gasteiger partial charge on any atom is -0.444 e. The fraction of sp³-hybridized carbons (Fsp3) is 0.623. The van der Waals surface area contributed by atoms with Crippen molar-refractivity contribution in [3.8, 4) is 0 Å². The summed E-state index contributed by atoms with van der Waals surface area (Å²) in [6, 6.07) is 12.9. The Hall–Kier alpha value is -5.28. The molecule has 15 heteroatoms. The maximum Gasteiger partial charge on any atom is 0.323 e. The molecular weight excluding hydrogens is 861 g/mol. The number of piperidine rings is 2. The van der Waals surface area contributed by atoms with Gasteiger partial charge in [0.1, 0.15) is 6.04 Å². The van der Waals surface area contributed by atoms with Gasteiger partial charge in [0.25, 0.3) is 5.56 Å². The molecule has 2 aromatic heterocycles. The Morgan fingerprint density at radius 2 is 1.50 bits per heavy atom. The number of para-hydroxylation sites is 1. The van der Waals surface area contributed by atoms with Gasteiger partial charge in [-0.3, -0.25) is 29.0 Å². The molecule has 2 aliphatic carbocycles. The number of nitrogens with one attached hydrogen (secondary N) is 1. The van der Waals surface area contributed by atoms with Crippen molar-refractivity contribution in [3.05, 3.63) is 75.7 Å². The van der Waals surface area contributed by atoms with E-state index in [4.69, 9.17) is 9.47 Å². The number of rotatable bonds is 17. The quantitative estimate of drug-likeness (QED) is 0.0851. The van der Waals surface area contributed by atoms with Crippen LogP contribution < -0.4 is 5.56 Å². The molecular formula is C53H72N8O7. The number of piperazine rings is 1. The van der Waals surface area contributed by atoms with Crippen molar-refractivity contribution in [1.82, 2.24) is 39.3 Å². The van der Waals surface area contributed by atoms with Gasteiger partial charge in [-0.1, -0.05) is 57.4 Å². The fourth-order valence-corrected chi connectivity index (χ4v) is 11.4. The zero-order valence-electron chi connectivity index (χ0n) is 40.8. The molecule has 3 amide bonds. The van der Waals surface area contributed by atoms with Crippen LogP contribution in [-0.4, -0.2) is 141 Å². The maximum absolute atomic E-state index is 15.3. The third kappa shape index (κ3) is 10.2. The predicted molar refractivity (Wildman–Crippen MR) is 261 cm³/mol. The monoisotopic (exact) mass is 933 g/mol. The number of nitrogens with zero attached hydrogens (tertiary/aromatic N) is 7. The Balaban J connectivity index is 0.990. The van der Waals surface area contributed by atoms with Crippen molar-refractivity contribution in [3.63, 3.8) is 0 Å². The average Bonchev–Trinajstić information content (AvgIpc) is 4.29. The highest BCUT2D eigenvalue weighted by atomic mass is 16.6. The second kappa shape index (κ2) is 20.4. The van der Waals surface area contributed by atoms with E-state index < -0.39 is 11.5 Å². The number of aryl methyl sites for hydroxylation is 1. The first-order valence-electron chi connectivity index (χ1n) is 25.6. The third-order valence-electron chi connectivity index (χ3n) is 16.1. The summed E-state index contributed by atoms with van der Waals surface area (Å²) in [5, 5.41) is 6.44. The van der Waals surface area contributed by atoms with Crippen molar-refractivity contribution in [2.45, 2.75) is 135 Å². The average molecular weight is 933 g/mol. The molecule has 0 bridgehead atoms. The van der Waals surface area contributed by atoms with Crippen molar-refractivity contribution in [2.24, 2.45) is 10.8 Å². The van der Waals surface area contributed by atoms with E-state index in [0.29, 0.717) is 50.6 Å². The number of benzene rings is 2. The van der Waals surface area contributed by atoms with Gasteiger partial charge in [0.2, 0.25) is 5.91 Å². The molecule has 9 rings (SSSR count). The number of carbonyl (C=O) groups is 4. The first kappa shape index (κ1) is 47.8. The van der Waals surface area contributed by atoms with Crippen molar-refractivity contribution >= 4 is 45.7 Å². The van der Waals surface area contributed by atoms with Gasteiger partial charge in [-0.25, -0.2) is 9.48 Å². The van der Waals surface area contributed by atoms with Gasteiger partial charge in [0.05, 0.1) is 22.5 Å². The topological polar surface area (TPSA) is 154 Å². The summed E-state index contributed by atoms with van der Waals surface area (Å²) >= 11 is 0. The van der Waals surface area contributed by atoms with Crippen molar-refractivity contribution in [1.29, 1.82) is 0 Å². The molecule has 2 aromatic carbocycles.